The molecule has 36 heavy (non-hydrogen) atoms. The number of thiocarbonyl (C=S) groups is 1. The molecule has 0 aliphatic carbocycles. The molecule has 8 heteroatoms. The summed E-state index contributed by atoms with van der Waals surface area (Å²) in [6, 6.07) is 18.4. The number of carbonyl (C=O) groups excluding carboxylic acids is 2. The summed E-state index contributed by atoms with van der Waals surface area (Å²) in [4.78, 5) is 25.8. The number of rotatable bonds is 7. The van der Waals surface area contributed by atoms with Crippen LogP contribution in [0.2, 0.25) is 0 Å². The Morgan fingerprint density at radius 1 is 1.00 bits per heavy atom. The molecule has 2 amide bonds. The predicted octanol–water partition coefficient (Wildman–Crippen LogP) is 5.75. The summed E-state index contributed by atoms with van der Waals surface area (Å²) < 4.78 is 11.9. The van der Waals surface area contributed by atoms with Gasteiger partial charge in [-0.15, -0.1) is 0 Å². The van der Waals surface area contributed by atoms with Crippen LogP contribution in [0.4, 0.5) is 0 Å². The van der Waals surface area contributed by atoms with Crippen LogP contribution in [-0.4, -0.2) is 28.3 Å². The van der Waals surface area contributed by atoms with Gasteiger partial charge in [-0.1, -0.05) is 48.2 Å². The SMILES string of the molecule is COc1cc(/C=C2/SC(=S)N(NC(=O)c3ccccc3)C2=O)ccc1OCc1cc(C)c(C)cc1C. The number of nitrogens with one attached hydrogen (secondary N) is 1. The number of hydrogen-bond donors (Lipinski definition) is 1. The number of methoxy groups -OCH3 is 1. The summed E-state index contributed by atoms with van der Waals surface area (Å²) in [7, 11) is 1.58. The largest absolute Gasteiger partial charge is 0.493 e. The molecule has 0 unspecified atom stereocenters. The van der Waals surface area contributed by atoms with Gasteiger partial charge in [-0.05, 0) is 91.1 Å². The minimum atomic E-state index is -0.407. The maximum absolute atomic E-state index is 12.9. The van der Waals surface area contributed by atoms with Crippen LogP contribution >= 0.6 is 24.0 Å². The lowest BCUT2D eigenvalue weighted by Gasteiger charge is -2.15. The van der Waals surface area contributed by atoms with Gasteiger partial charge in [0.05, 0.1) is 12.0 Å². The molecule has 3 aromatic rings. The van der Waals surface area contributed by atoms with Crippen molar-refractivity contribution in [1.29, 1.82) is 0 Å². The molecule has 1 aliphatic rings. The highest BCUT2D eigenvalue weighted by Gasteiger charge is 2.33. The first-order valence-corrected chi connectivity index (χ1v) is 12.5. The smallest absolute Gasteiger partial charge is 0.285 e. The normalized spacial score (nSPS) is 14.3. The van der Waals surface area contributed by atoms with E-state index in [4.69, 9.17) is 21.7 Å². The Morgan fingerprint density at radius 2 is 1.72 bits per heavy atom. The Balaban J connectivity index is 1.48. The van der Waals surface area contributed by atoms with Gasteiger partial charge in [0.15, 0.2) is 15.8 Å². The molecule has 0 aromatic heterocycles. The lowest BCUT2D eigenvalue weighted by atomic mass is 10.0. The van der Waals surface area contributed by atoms with Crippen LogP contribution in [0.1, 0.15) is 38.2 Å². The fraction of sp³-hybridized carbons (Fsp3) is 0.179. The number of amides is 2. The van der Waals surface area contributed by atoms with Crippen molar-refractivity contribution in [3.63, 3.8) is 0 Å². The Labute approximate surface area is 220 Å². The van der Waals surface area contributed by atoms with E-state index in [0.717, 1.165) is 27.9 Å². The molecule has 1 fully saturated rings. The van der Waals surface area contributed by atoms with E-state index in [1.807, 2.05) is 18.2 Å². The minimum Gasteiger partial charge on any atom is -0.493 e. The van der Waals surface area contributed by atoms with Crippen LogP contribution in [0.15, 0.2) is 65.6 Å². The Kier molecular flexibility index (Phi) is 7.76. The number of hydrogen-bond acceptors (Lipinski definition) is 6. The molecule has 0 bridgehead atoms. The highest BCUT2D eigenvalue weighted by molar-refractivity contribution is 8.26. The van der Waals surface area contributed by atoms with Crippen molar-refractivity contribution in [3.05, 3.63) is 98.9 Å². The van der Waals surface area contributed by atoms with Crippen LogP contribution < -0.4 is 14.9 Å². The molecule has 0 spiro atoms. The summed E-state index contributed by atoms with van der Waals surface area (Å²) in [5.74, 6) is 0.363. The lowest BCUT2D eigenvalue weighted by Crippen LogP contribution is -2.44. The van der Waals surface area contributed by atoms with Gasteiger partial charge in [0.1, 0.15) is 6.61 Å². The van der Waals surface area contributed by atoms with E-state index in [1.165, 1.54) is 16.7 Å². The molecule has 0 atom stereocenters. The maximum atomic E-state index is 12.9. The van der Waals surface area contributed by atoms with Crippen LogP contribution in [0.3, 0.4) is 0 Å². The number of carbonyl (C=O) groups is 2. The highest BCUT2D eigenvalue weighted by Crippen LogP contribution is 2.34. The summed E-state index contributed by atoms with van der Waals surface area (Å²) >= 11 is 6.45. The highest BCUT2D eigenvalue weighted by atomic mass is 32.2. The number of thioether (sulfide) groups is 1. The van der Waals surface area contributed by atoms with Crippen molar-refractivity contribution in [2.24, 2.45) is 0 Å². The molecule has 6 nitrogen and oxygen atoms in total. The molecule has 1 heterocycles. The zero-order valence-electron chi connectivity index (χ0n) is 20.5. The molecule has 1 aliphatic heterocycles. The average Bonchev–Trinajstić information content (AvgIpc) is 3.13. The van der Waals surface area contributed by atoms with Gasteiger partial charge in [-0.2, -0.15) is 5.01 Å². The average molecular weight is 519 g/mol. The zero-order chi connectivity index (χ0) is 25.8. The second-order valence-corrected chi connectivity index (χ2v) is 10.1. The predicted molar refractivity (Wildman–Crippen MR) is 147 cm³/mol. The monoisotopic (exact) mass is 518 g/mol. The van der Waals surface area contributed by atoms with Crippen molar-refractivity contribution in [3.8, 4) is 11.5 Å². The van der Waals surface area contributed by atoms with E-state index < -0.39 is 11.8 Å². The molecular formula is C28H26N2O4S2. The number of ether oxygens (including phenoxy) is 2. The molecule has 1 N–H and O–H groups in total. The third kappa shape index (κ3) is 5.61. The second-order valence-electron chi connectivity index (χ2n) is 8.39. The topological polar surface area (TPSA) is 67.9 Å². The van der Waals surface area contributed by atoms with Gasteiger partial charge in [-0.25, -0.2) is 0 Å². The van der Waals surface area contributed by atoms with Gasteiger partial charge < -0.3 is 9.47 Å². The van der Waals surface area contributed by atoms with Crippen molar-refractivity contribution >= 4 is 46.2 Å². The van der Waals surface area contributed by atoms with Crippen molar-refractivity contribution in [2.75, 3.05) is 7.11 Å². The molecule has 4 rings (SSSR count). The fourth-order valence-electron chi connectivity index (χ4n) is 3.70. The molecular weight excluding hydrogens is 492 g/mol. The first kappa shape index (κ1) is 25.5. The minimum absolute atomic E-state index is 0.256. The Hall–Kier alpha value is -3.62. The summed E-state index contributed by atoms with van der Waals surface area (Å²) in [6.45, 7) is 6.68. The Morgan fingerprint density at radius 3 is 2.44 bits per heavy atom. The van der Waals surface area contributed by atoms with Gasteiger partial charge in [0.25, 0.3) is 11.8 Å². The maximum Gasteiger partial charge on any atom is 0.285 e. The van der Waals surface area contributed by atoms with Gasteiger partial charge in [0.2, 0.25) is 0 Å². The van der Waals surface area contributed by atoms with Crippen molar-refractivity contribution in [1.82, 2.24) is 10.4 Å². The van der Waals surface area contributed by atoms with E-state index in [2.05, 4.69) is 38.3 Å². The molecule has 3 aromatic carbocycles. The van der Waals surface area contributed by atoms with Crippen LogP contribution in [-0.2, 0) is 11.4 Å². The quantitative estimate of drug-likeness (QED) is 0.318. The van der Waals surface area contributed by atoms with Crippen molar-refractivity contribution in [2.45, 2.75) is 27.4 Å². The van der Waals surface area contributed by atoms with E-state index in [1.54, 1.807) is 43.5 Å². The zero-order valence-corrected chi connectivity index (χ0v) is 22.1. The fourth-order valence-corrected chi connectivity index (χ4v) is 4.88. The van der Waals surface area contributed by atoms with Crippen LogP contribution in [0, 0.1) is 20.8 Å². The number of aryl methyl sites for hydroxylation is 3. The summed E-state index contributed by atoms with van der Waals surface area (Å²) in [5, 5.41) is 1.10. The lowest BCUT2D eigenvalue weighted by molar-refractivity contribution is -0.123. The van der Waals surface area contributed by atoms with E-state index in [-0.39, 0.29) is 4.32 Å². The van der Waals surface area contributed by atoms with Gasteiger partial charge in [-0.3, -0.25) is 15.0 Å². The Bertz CT molecular complexity index is 1370. The third-order valence-corrected chi connectivity index (χ3v) is 7.17. The first-order chi connectivity index (χ1) is 17.3. The third-order valence-electron chi connectivity index (χ3n) is 5.86. The number of benzene rings is 3. The van der Waals surface area contributed by atoms with Crippen LogP contribution in [0.25, 0.3) is 6.08 Å². The molecule has 0 radical (unpaired) electrons. The van der Waals surface area contributed by atoms with Crippen molar-refractivity contribution < 1.29 is 19.1 Å². The summed E-state index contributed by atoms with van der Waals surface area (Å²) in [6.07, 6.45) is 1.72. The summed E-state index contributed by atoms with van der Waals surface area (Å²) in [5.41, 5.74) is 8.53. The van der Waals surface area contributed by atoms with E-state index in [9.17, 15) is 9.59 Å². The number of nitrogens with zero attached hydrogens (tertiary/aromatic N) is 1. The van der Waals surface area contributed by atoms with E-state index >= 15 is 0 Å². The van der Waals surface area contributed by atoms with Gasteiger partial charge in [0, 0.05) is 5.56 Å². The van der Waals surface area contributed by atoms with Crippen LogP contribution in [0.5, 0.6) is 11.5 Å². The number of hydrazine groups is 1. The molecule has 0 saturated carbocycles. The first-order valence-electron chi connectivity index (χ1n) is 11.3. The van der Waals surface area contributed by atoms with E-state index in [0.29, 0.717) is 28.6 Å². The standard InChI is InChI=1S/C28H26N2O4S2/c1-17-12-19(3)22(13-18(17)2)16-34-23-11-10-20(14-24(23)33-4)15-25-27(32)30(28(35)36-25)29-26(31)21-8-6-5-7-9-21/h5-15H,16H2,1-4H3,(H,29,31)/b25-15+. The second kappa shape index (κ2) is 11.0. The molecule has 1 saturated heterocycles. The van der Waals surface area contributed by atoms with Gasteiger partial charge >= 0.3 is 0 Å². The molecule has 184 valence electrons.